The molecule has 1 aromatic rings. The predicted octanol–water partition coefficient (Wildman–Crippen LogP) is 2.87. The van der Waals surface area contributed by atoms with Gasteiger partial charge < -0.3 is 5.32 Å². The van der Waals surface area contributed by atoms with Crippen LogP contribution in [0.3, 0.4) is 0 Å². The van der Waals surface area contributed by atoms with Crippen molar-refractivity contribution in [2.24, 2.45) is 0 Å². The van der Waals surface area contributed by atoms with Crippen LogP contribution in [0.15, 0.2) is 18.2 Å². The Kier molecular flexibility index (Phi) is 2.94. The summed E-state index contributed by atoms with van der Waals surface area (Å²) in [6, 6.07) is 4.16. The Balaban J connectivity index is 2.24. The van der Waals surface area contributed by atoms with Crippen LogP contribution in [-0.4, -0.2) is 12.2 Å². The Morgan fingerprint density at radius 3 is 2.67 bits per heavy atom. The second-order valence-electron chi connectivity index (χ2n) is 3.59. The van der Waals surface area contributed by atoms with Crippen LogP contribution in [-0.2, 0) is 13.0 Å². The monoisotopic (exact) mass is 327 g/mol. The van der Waals surface area contributed by atoms with Crippen LogP contribution in [0.4, 0.5) is 13.2 Å². The quantitative estimate of drug-likeness (QED) is 0.723. The van der Waals surface area contributed by atoms with Gasteiger partial charge in [-0.05, 0) is 52.3 Å². The summed E-state index contributed by atoms with van der Waals surface area (Å²) in [5, 5.41) is 2.51. The number of halogens is 4. The summed E-state index contributed by atoms with van der Waals surface area (Å²) in [5.74, 6) is 0. The highest BCUT2D eigenvalue weighted by atomic mass is 127. The Bertz CT molecular complexity index is 375. The van der Waals surface area contributed by atoms with Crippen molar-refractivity contribution in [3.63, 3.8) is 0 Å². The molecule has 1 aliphatic heterocycles. The molecule has 0 aromatic heterocycles. The molecule has 1 N–H and O–H groups in total. The lowest BCUT2D eigenvalue weighted by molar-refractivity contribution is -0.157. The minimum Gasteiger partial charge on any atom is -0.302 e. The first-order chi connectivity index (χ1) is 6.97. The molecule has 1 aliphatic rings. The van der Waals surface area contributed by atoms with E-state index in [-0.39, 0.29) is 6.42 Å². The number of nitrogens with one attached hydrogen (secondary N) is 1. The van der Waals surface area contributed by atoms with Crippen LogP contribution < -0.4 is 5.32 Å². The van der Waals surface area contributed by atoms with Gasteiger partial charge in [-0.25, -0.2) is 0 Å². The topological polar surface area (TPSA) is 12.0 Å². The third-order valence-corrected chi connectivity index (χ3v) is 3.20. The van der Waals surface area contributed by atoms with E-state index in [1.165, 1.54) is 0 Å². The Hall–Kier alpha value is -0.300. The van der Waals surface area contributed by atoms with Crippen molar-refractivity contribution in [3.05, 3.63) is 32.9 Å². The average molecular weight is 327 g/mol. The summed E-state index contributed by atoms with van der Waals surface area (Å²) in [6.45, 7) is 0.302. The van der Waals surface area contributed by atoms with Crippen molar-refractivity contribution < 1.29 is 13.2 Å². The normalized spacial score (nSPS) is 21.2. The lowest BCUT2D eigenvalue weighted by Crippen LogP contribution is -2.46. The third-order valence-electron chi connectivity index (χ3n) is 2.53. The van der Waals surface area contributed by atoms with Crippen LogP contribution in [0.2, 0.25) is 0 Å². The minimum atomic E-state index is -4.15. The highest BCUT2D eigenvalue weighted by Gasteiger charge is 2.41. The molecule has 0 aliphatic carbocycles. The SMILES string of the molecule is FC(F)(F)[C@@H]1Cc2ccc(I)cc2CN1. The number of fused-ring (bicyclic) bond motifs is 1. The number of alkyl halides is 3. The molecule has 0 saturated carbocycles. The van der Waals surface area contributed by atoms with E-state index < -0.39 is 12.2 Å². The van der Waals surface area contributed by atoms with E-state index in [4.69, 9.17) is 0 Å². The molecule has 1 atom stereocenters. The van der Waals surface area contributed by atoms with Gasteiger partial charge in [0.25, 0.3) is 0 Å². The van der Waals surface area contributed by atoms with Crippen LogP contribution in [0.1, 0.15) is 11.1 Å². The molecule has 1 aromatic carbocycles. The zero-order valence-electron chi connectivity index (χ0n) is 7.74. The molecule has 0 unspecified atom stereocenters. The van der Waals surface area contributed by atoms with E-state index in [1.54, 1.807) is 6.07 Å². The maximum atomic E-state index is 12.5. The van der Waals surface area contributed by atoms with Crippen molar-refractivity contribution in [1.82, 2.24) is 5.32 Å². The molecule has 0 fully saturated rings. The molecular formula is C10H9F3IN. The van der Waals surface area contributed by atoms with Gasteiger partial charge in [-0.15, -0.1) is 0 Å². The molecule has 1 nitrogen and oxygen atoms in total. The summed E-state index contributed by atoms with van der Waals surface area (Å²) >= 11 is 2.16. The van der Waals surface area contributed by atoms with Gasteiger partial charge in [0, 0.05) is 10.1 Å². The van der Waals surface area contributed by atoms with Crippen molar-refractivity contribution in [3.8, 4) is 0 Å². The fourth-order valence-electron chi connectivity index (χ4n) is 1.71. The molecule has 0 saturated heterocycles. The summed E-state index contributed by atoms with van der Waals surface area (Å²) < 4.78 is 38.4. The van der Waals surface area contributed by atoms with Crippen LogP contribution in [0, 0.1) is 3.57 Å². The lowest BCUT2D eigenvalue weighted by Gasteiger charge is -2.27. The molecule has 0 amide bonds. The minimum absolute atomic E-state index is 0.0375. The fourth-order valence-corrected chi connectivity index (χ4v) is 2.27. The van der Waals surface area contributed by atoms with E-state index in [9.17, 15) is 13.2 Å². The smallest absolute Gasteiger partial charge is 0.302 e. The lowest BCUT2D eigenvalue weighted by atomic mass is 9.96. The number of hydrogen-bond acceptors (Lipinski definition) is 1. The van der Waals surface area contributed by atoms with Crippen LogP contribution >= 0.6 is 22.6 Å². The number of rotatable bonds is 0. The highest BCUT2D eigenvalue weighted by Crippen LogP contribution is 2.28. The maximum absolute atomic E-state index is 12.5. The first-order valence-corrected chi connectivity index (χ1v) is 5.62. The van der Waals surface area contributed by atoms with E-state index >= 15 is 0 Å². The first-order valence-electron chi connectivity index (χ1n) is 4.54. The van der Waals surface area contributed by atoms with Crippen LogP contribution in [0.25, 0.3) is 0 Å². The predicted molar refractivity (Wildman–Crippen MR) is 59.5 cm³/mol. The van der Waals surface area contributed by atoms with Gasteiger partial charge in [0.2, 0.25) is 0 Å². The molecule has 2 rings (SSSR count). The molecule has 15 heavy (non-hydrogen) atoms. The molecular weight excluding hydrogens is 318 g/mol. The zero-order valence-corrected chi connectivity index (χ0v) is 9.89. The second kappa shape index (κ2) is 3.93. The van der Waals surface area contributed by atoms with Gasteiger partial charge in [0.15, 0.2) is 0 Å². The van der Waals surface area contributed by atoms with Crippen LogP contribution in [0.5, 0.6) is 0 Å². The Morgan fingerprint density at radius 2 is 2.00 bits per heavy atom. The van der Waals surface area contributed by atoms with Crippen molar-refractivity contribution in [2.45, 2.75) is 25.2 Å². The molecule has 5 heteroatoms. The number of hydrogen-bond donors (Lipinski definition) is 1. The molecule has 82 valence electrons. The van der Waals surface area contributed by atoms with Gasteiger partial charge in [0.05, 0.1) is 0 Å². The van der Waals surface area contributed by atoms with Gasteiger partial charge in [-0.2, -0.15) is 13.2 Å². The molecule has 0 radical (unpaired) electrons. The highest BCUT2D eigenvalue weighted by molar-refractivity contribution is 14.1. The second-order valence-corrected chi connectivity index (χ2v) is 4.84. The average Bonchev–Trinajstić information content (AvgIpc) is 2.15. The zero-order chi connectivity index (χ0) is 11.1. The number of benzene rings is 1. The molecule has 0 bridgehead atoms. The van der Waals surface area contributed by atoms with Gasteiger partial charge >= 0.3 is 6.18 Å². The largest absolute Gasteiger partial charge is 0.404 e. The van der Waals surface area contributed by atoms with E-state index in [0.29, 0.717) is 6.54 Å². The standard InChI is InChI=1S/C10H9F3IN/c11-10(12,13)9-4-6-1-2-8(14)3-7(6)5-15-9/h1-3,9,15H,4-5H2/t9-/m0/s1. The van der Waals surface area contributed by atoms with Gasteiger partial charge in [-0.1, -0.05) is 6.07 Å². The van der Waals surface area contributed by atoms with E-state index in [2.05, 4.69) is 27.9 Å². The van der Waals surface area contributed by atoms with Crippen molar-refractivity contribution in [1.29, 1.82) is 0 Å². The fraction of sp³-hybridized carbons (Fsp3) is 0.400. The summed E-state index contributed by atoms with van der Waals surface area (Å²) in [4.78, 5) is 0. The Morgan fingerprint density at radius 1 is 1.27 bits per heavy atom. The van der Waals surface area contributed by atoms with E-state index in [0.717, 1.165) is 14.7 Å². The summed E-state index contributed by atoms with van der Waals surface area (Å²) in [5.41, 5.74) is 1.78. The first kappa shape index (κ1) is 11.2. The Labute approximate surface area is 99.2 Å². The van der Waals surface area contributed by atoms with Crippen molar-refractivity contribution in [2.75, 3.05) is 0 Å². The molecule has 1 heterocycles. The third kappa shape index (κ3) is 2.44. The summed E-state index contributed by atoms with van der Waals surface area (Å²) in [6.07, 6.45) is -4.11. The summed E-state index contributed by atoms with van der Waals surface area (Å²) in [7, 11) is 0. The van der Waals surface area contributed by atoms with Gasteiger partial charge in [0.1, 0.15) is 6.04 Å². The van der Waals surface area contributed by atoms with Crippen molar-refractivity contribution >= 4 is 22.6 Å². The van der Waals surface area contributed by atoms with E-state index in [1.807, 2.05) is 12.1 Å². The van der Waals surface area contributed by atoms with Gasteiger partial charge in [-0.3, -0.25) is 0 Å². The molecule has 0 spiro atoms. The maximum Gasteiger partial charge on any atom is 0.404 e.